The molecule has 1 aliphatic rings. The minimum atomic E-state index is 0.667. The van der Waals surface area contributed by atoms with Crippen LogP contribution in [0.15, 0.2) is 12.4 Å². The molecular weight excluding hydrogens is 248 g/mol. The molecule has 2 rings (SSSR count). The molecule has 1 aromatic heterocycles. The van der Waals surface area contributed by atoms with E-state index in [4.69, 9.17) is 0 Å². The van der Waals surface area contributed by atoms with Gasteiger partial charge >= 0.3 is 0 Å². The zero-order valence-corrected chi connectivity index (χ0v) is 13.1. The molecule has 0 aromatic carbocycles. The zero-order valence-electron chi connectivity index (χ0n) is 13.1. The Morgan fingerprint density at radius 3 is 2.60 bits per heavy atom. The minimum Gasteiger partial charge on any atom is -0.355 e. The maximum absolute atomic E-state index is 4.58. The van der Waals surface area contributed by atoms with E-state index < -0.39 is 0 Å². The highest BCUT2D eigenvalue weighted by atomic mass is 15.2. The molecule has 0 aliphatic heterocycles. The standard InChI is InChI=1S/C16H28N4/c1-4-20(12-14-6-5-7-14)16-11-18-15(10-19-16)9-17-8-13(2)3/h10-11,13-14,17H,4-9,12H2,1-3H3. The van der Waals surface area contributed by atoms with E-state index in [9.17, 15) is 0 Å². The van der Waals surface area contributed by atoms with Gasteiger partial charge in [0.05, 0.1) is 18.1 Å². The molecule has 0 bridgehead atoms. The van der Waals surface area contributed by atoms with Crippen LogP contribution in [-0.2, 0) is 6.54 Å². The molecule has 4 heteroatoms. The fraction of sp³-hybridized carbons (Fsp3) is 0.750. The summed E-state index contributed by atoms with van der Waals surface area (Å²) in [6, 6.07) is 0. The second kappa shape index (κ2) is 7.58. The molecule has 0 saturated heterocycles. The topological polar surface area (TPSA) is 41.1 Å². The van der Waals surface area contributed by atoms with Crippen LogP contribution in [0.2, 0.25) is 0 Å². The molecule has 1 heterocycles. The molecule has 1 aliphatic carbocycles. The van der Waals surface area contributed by atoms with E-state index in [0.717, 1.165) is 43.6 Å². The van der Waals surface area contributed by atoms with E-state index >= 15 is 0 Å². The molecule has 1 saturated carbocycles. The summed E-state index contributed by atoms with van der Waals surface area (Å²) in [5.74, 6) is 2.55. The average Bonchev–Trinajstić information content (AvgIpc) is 2.39. The van der Waals surface area contributed by atoms with Crippen LogP contribution in [0.5, 0.6) is 0 Å². The number of hydrogen-bond acceptors (Lipinski definition) is 4. The molecule has 0 spiro atoms. The fourth-order valence-corrected chi connectivity index (χ4v) is 2.46. The Morgan fingerprint density at radius 1 is 1.30 bits per heavy atom. The van der Waals surface area contributed by atoms with Gasteiger partial charge in [0, 0.05) is 19.6 Å². The van der Waals surface area contributed by atoms with Crippen molar-refractivity contribution in [1.29, 1.82) is 0 Å². The lowest BCUT2D eigenvalue weighted by Gasteiger charge is -2.32. The first-order valence-corrected chi connectivity index (χ1v) is 7.95. The van der Waals surface area contributed by atoms with Gasteiger partial charge in [-0.2, -0.15) is 0 Å². The number of nitrogens with one attached hydrogen (secondary N) is 1. The van der Waals surface area contributed by atoms with Gasteiger partial charge in [-0.05, 0) is 38.1 Å². The number of anilines is 1. The largest absolute Gasteiger partial charge is 0.355 e. The van der Waals surface area contributed by atoms with Crippen molar-refractivity contribution in [2.45, 2.75) is 46.6 Å². The highest BCUT2D eigenvalue weighted by Gasteiger charge is 2.20. The summed E-state index contributed by atoms with van der Waals surface area (Å²) < 4.78 is 0. The molecule has 0 amide bonds. The Hall–Kier alpha value is -1.16. The number of nitrogens with zero attached hydrogens (tertiary/aromatic N) is 3. The van der Waals surface area contributed by atoms with Crippen molar-refractivity contribution in [3.63, 3.8) is 0 Å². The highest BCUT2D eigenvalue weighted by Crippen LogP contribution is 2.28. The third-order valence-corrected chi connectivity index (χ3v) is 3.96. The number of aromatic nitrogens is 2. The average molecular weight is 276 g/mol. The van der Waals surface area contributed by atoms with E-state index in [-0.39, 0.29) is 0 Å². The quantitative estimate of drug-likeness (QED) is 0.792. The monoisotopic (exact) mass is 276 g/mol. The Bertz CT molecular complexity index is 384. The SMILES string of the molecule is CCN(CC1CCC1)c1cnc(CNCC(C)C)cn1. The smallest absolute Gasteiger partial charge is 0.147 e. The van der Waals surface area contributed by atoms with Gasteiger partial charge < -0.3 is 10.2 Å². The minimum absolute atomic E-state index is 0.667. The van der Waals surface area contributed by atoms with Crippen LogP contribution in [0.1, 0.15) is 45.7 Å². The molecule has 0 unspecified atom stereocenters. The lowest BCUT2D eigenvalue weighted by molar-refractivity contribution is 0.318. The van der Waals surface area contributed by atoms with Gasteiger partial charge in [-0.25, -0.2) is 4.98 Å². The third kappa shape index (κ3) is 4.44. The van der Waals surface area contributed by atoms with Crippen molar-refractivity contribution in [2.24, 2.45) is 11.8 Å². The Labute approximate surface area is 123 Å². The van der Waals surface area contributed by atoms with E-state index in [1.165, 1.54) is 19.3 Å². The van der Waals surface area contributed by atoms with Crippen LogP contribution >= 0.6 is 0 Å². The maximum Gasteiger partial charge on any atom is 0.147 e. The van der Waals surface area contributed by atoms with E-state index in [1.54, 1.807) is 0 Å². The molecule has 0 atom stereocenters. The predicted molar refractivity (Wildman–Crippen MR) is 83.8 cm³/mol. The first kappa shape index (κ1) is 15.2. The predicted octanol–water partition coefficient (Wildman–Crippen LogP) is 2.85. The summed E-state index contributed by atoms with van der Waals surface area (Å²) in [7, 11) is 0. The molecule has 4 nitrogen and oxygen atoms in total. The number of hydrogen-bond donors (Lipinski definition) is 1. The van der Waals surface area contributed by atoms with Crippen molar-refractivity contribution in [1.82, 2.24) is 15.3 Å². The molecule has 112 valence electrons. The van der Waals surface area contributed by atoms with Gasteiger partial charge in [0.25, 0.3) is 0 Å². The van der Waals surface area contributed by atoms with E-state index in [0.29, 0.717) is 5.92 Å². The summed E-state index contributed by atoms with van der Waals surface area (Å²) in [6.07, 6.45) is 7.98. The lowest BCUT2D eigenvalue weighted by atomic mass is 9.85. The second-order valence-corrected chi connectivity index (χ2v) is 6.23. The second-order valence-electron chi connectivity index (χ2n) is 6.23. The first-order valence-electron chi connectivity index (χ1n) is 7.95. The molecule has 1 N–H and O–H groups in total. The third-order valence-electron chi connectivity index (χ3n) is 3.96. The van der Waals surface area contributed by atoms with Crippen LogP contribution in [-0.4, -0.2) is 29.6 Å². The van der Waals surface area contributed by atoms with Crippen LogP contribution in [0.25, 0.3) is 0 Å². The summed E-state index contributed by atoms with van der Waals surface area (Å²) in [4.78, 5) is 11.5. The van der Waals surface area contributed by atoms with Crippen molar-refractivity contribution >= 4 is 5.82 Å². The molecule has 0 radical (unpaired) electrons. The van der Waals surface area contributed by atoms with Gasteiger partial charge in [0.1, 0.15) is 5.82 Å². The molecule has 20 heavy (non-hydrogen) atoms. The fourth-order valence-electron chi connectivity index (χ4n) is 2.46. The summed E-state index contributed by atoms with van der Waals surface area (Å²) >= 11 is 0. The van der Waals surface area contributed by atoms with Crippen molar-refractivity contribution < 1.29 is 0 Å². The van der Waals surface area contributed by atoms with Crippen LogP contribution in [0.3, 0.4) is 0 Å². The van der Waals surface area contributed by atoms with Crippen molar-refractivity contribution in [2.75, 3.05) is 24.5 Å². The molecule has 1 aromatic rings. The molecule has 1 fully saturated rings. The van der Waals surface area contributed by atoms with Gasteiger partial charge in [-0.1, -0.05) is 20.3 Å². The Kier molecular flexibility index (Phi) is 5.77. The van der Waals surface area contributed by atoms with E-state index in [1.807, 2.05) is 12.4 Å². The van der Waals surface area contributed by atoms with Gasteiger partial charge in [0.2, 0.25) is 0 Å². The summed E-state index contributed by atoms with van der Waals surface area (Å²) in [6.45, 7) is 10.6. The van der Waals surface area contributed by atoms with Crippen LogP contribution in [0, 0.1) is 11.8 Å². The van der Waals surface area contributed by atoms with Gasteiger partial charge in [-0.15, -0.1) is 0 Å². The first-order chi connectivity index (χ1) is 9.69. The maximum atomic E-state index is 4.58. The Balaban J connectivity index is 1.85. The zero-order chi connectivity index (χ0) is 14.4. The number of rotatable bonds is 8. The van der Waals surface area contributed by atoms with Crippen molar-refractivity contribution in [3.05, 3.63) is 18.1 Å². The van der Waals surface area contributed by atoms with E-state index in [2.05, 4.69) is 41.0 Å². The van der Waals surface area contributed by atoms with Gasteiger partial charge in [0.15, 0.2) is 0 Å². The molecular formula is C16H28N4. The van der Waals surface area contributed by atoms with Crippen LogP contribution < -0.4 is 10.2 Å². The highest BCUT2D eigenvalue weighted by molar-refractivity contribution is 5.35. The van der Waals surface area contributed by atoms with Crippen molar-refractivity contribution in [3.8, 4) is 0 Å². The normalized spacial score (nSPS) is 15.4. The van der Waals surface area contributed by atoms with Crippen LogP contribution in [0.4, 0.5) is 5.82 Å². The summed E-state index contributed by atoms with van der Waals surface area (Å²) in [5.41, 5.74) is 1.02. The lowest BCUT2D eigenvalue weighted by Crippen LogP contribution is -2.33. The summed E-state index contributed by atoms with van der Waals surface area (Å²) in [5, 5.41) is 3.40. The Morgan fingerprint density at radius 2 is 2.10 bits per heavy atom. The van der Waals surface area contributed by atoms with Gasteiger partial charge in [-0.3, -0.25) is 4.98 Å².